The molecule has 0 spiro atoms. The van der Waals surface area contributed by atoms with Gasteiger partial charge in [-0.3, -0.25) is 0 Å². The third-order valence-electron chi connectivity index (χ3n) is 3.17. The number of carbonyl (C=O) groups excluding carboxylic acids is 1. The van der Waals surface area contributed by atoms with Crippen LogP contribution in [0.15, 0.2) is 27.4 Å². The van der Waals surface area contributed by atoms with E-state index in [0.717, 1.165) is 14.1 Å². The molecule has 0 saturated heterocycles. The first-order chi connectivity index (χ1) is 12.8. The summed E-state index contributed by atoms with van der Waals surface area (Å²) in [5.74, 6) is 1.74. The minimum absolute atomic E-state index is 0.315. The Morgan fingerprint density at radius 1 is 1.15 bits per heavy atom. The van der Waals surface area contributed by atoms with Gasteiger partial charge in [0.25, 0.3) is 0 Å². The van der Waals surface area contributed by atoms with E-state index in [9.17, 15) is 4.79 Å². The summed E-state index contributed by atoms with van der Waals surface area (Å²) in [6.45, 7) is 5.78. The second kappa shape index (κ2) is 9.18. The van der Waals surface area contributed by atoms with Gasteiger partial charge in [-0.05, 0) is 32.9 Å². The van der Waals surface area contributed by atoms with Gasteiger partial charge in [-0.25, -0.2) is 9.78 Å². The lowest BCUT2D eigenvalue weighted by atomic mass is 10.2. The van der Waals surface area contributed by atoms with E-state index in [1.54, 1.807) is 27.5 Å². The van der Waals surface area contributed by atoms with Crippen molar-refractivity contribution in [1.29, 1.82) is 0 Å². The van der Waals surface area contributed by atoms with Gasteiger partial charge in [-0.1, -0.05) is 11.8 Å². The van der Waals surface area contributed by atoms with E-state index in [1.165, 1.54) is 23.1 Å². The summed E-state index contributed by atoms with van der Waals surface area (Å²) in [6.07, 6.45) is 1.31. The van der Waals surface area contributed by atoms with Gasteiger partial charge < -0.3 is 24.3 Å². The van der Waals surface area contributed by atoms with Crippen LogP contribution in [0.5, 0.6) is 17.2 Å². The van der Waals surface area contributed by atoms with Crippen LogP contribution in [-0.2, 0) is 11.3 Å². The molecule has 1 aromatic carbocycles. The highest BCUT2D eigenvalue weighted by molar-refractivity contribution is 8.01. The van der Waals surface area contributed by atoms with Gasteiger partial charge >= 0.3 is 6.09 Å². The number of thiazole rings is 1. The van der Waals surface area contributed by atoms with Gasteiger partial charge in [0.05, 0.1) is 38.3 Å². The summed E-state index contributed by atoms with van der Waals surface area (Å²) < 4.78 is 22.3. The topological polar surface area (TPSA) is 78.9 Å². The number of benzene rings is 1. The van der Waals surface area contributed by atoms with Gasteiger partial charge in [0.2, 0.25) is 5.75 Å². The standard InChI is InChI=1S/C18H24N2O5S2/c1-18(2,3)25-17(21)20-9-14-19-10-15(27-14)26-11-7-12(22-4)16(24-6)13(8-11)23-5/h7-8,10H,9H2,1-6H3,(H,20,21). The Hall–Kier alpha value is -2.13. The van der Waals surface area contributed by atoms with Crippen molar-refractivity contribution in [3.8, 4) is 17.2 Å². The number of methoxy groups -OCH3 is 3. The highest BCUT2D eigenvalue weighted by Gasteiger charge is 2.17. The number of hydrogen-bond acceptors (Lipinski definition) is 8. The molecule has 0 saturated carbocycles. The Kier molecular flexibility index (Phi) is 7.20. The monoisotopic (exact) mass is 412 g/mol. The summed E-state index contributed by atoms with van der Waals surface area (Å²) in [5.41, 5.74) is -0.527. The number of aromatic nitrogens is 1. The van der Waals surface area contributed by atoms with Crippen LogP contribution in [0.25, 0.3) is 0 Å². The SMILES string of the molecule is COc1cc(Sc2cnc(CNC(=O)OC(C)(C)C)s2)cc(OC)c1OC. The molecule has 0 unspecified atom stereocenters. The molecule has 1 N–H and O–H groups in total. The van der Waals surface area contributed by atoms with Crippen LogP contribution in [0.1, 0.15) is 25.8 Å². The second-order valence-electron chi connectivity index (χ2n) is 6.39. The van der Waals surface area contributed by atoms with Crippen molar-refractivity contribution in [2.75, 3.05) is 21.3 Å². The Balaban J connectivity index is 2.04. The number of nitrogens with zero attached hydrogens (tertiary/aromatic N) is 1. The average molecular weight is 413 g/mol. The van der Waals surface area contributed by atoms with Crippen molar-refractivity contribution < 1.29 is 23.7 Å². The lowest BCUT2D eigenvalue weighted by molar-refractivity contribution is 0.0523. The van der Waals surface area contributed by atoms with Gasteiger partial charge in [0.1, 0.15) is 10.6 Å². The maximum absolute atomic E-state index is 11.7. The predicted octanol–water partition coefficient (Wildman–Crippen LogP) is 4.34. The van der Waals surface area contributed by atoms with E-state index in [4.69, 9.17) is 18.9 Å². The Bertz CT molecular complexity index is 761. The van der Waals surface area contributed by atoms with Crippen LogP contribution in [0, 0.1) is 0 Å². The first-order valence-electron chi connectivity index (χ1n) is 8.15. The van der Waals surface area contributed by atoms with Crippen LogP contribution in [0.3, 0.4) is 0 Å². The molecule has 9 heteroatoms. The summed E-state index contributed by atoms with van der Waals surface area (Å²) in [4.78, 5) is 17.0. The number of ether oxygens (including phenoxy) is 4. The molecule has 27 heavy (non-hydrogen) atoms. The quantitative estimate of drug-likeness (QED) is 0.724. The maximum Gasteiger partial charge on any atom is 0.408 e. The van der Waals surface area contributed by atoms with Crippen LogP contribution >= 0.6 is 23.1 Å². The van der Waals surface area contributed by atoms with Crippen molar-refractivity contribution in [2.45, 2.75) is 42.0 Å². The molecule has 1 aromatic heterocycles. The largest absolute Gasteiger partial charge is 0.493 e. The Labute approximate surface area is 167 Å². The zero-order valence-electron chi connectivity index (χ0n) is 16.2. The van der Waals surface area contributed by atoms with E-state index < -0.39 is 11.7 Å². The molecule has 0 aliphatic carbocycles. The van der Waals surface area contributed by atoms with Crippen molar-refractivity contribution in [3.63, 3.8) is 0 Å². The predicted molar refractivity (Wildman–Crippen MR) is 105 cm³/mol. The van der Waals surface area contributed by atoms with E-state index in [0.29, 0.717) is 23.8 Å². The summed E-state index contributed by atoms with van der Waals surface area (Å²) >= 11 is 3.02. The zero-order valence-corrected chi connectivity index (χ0v) is 17.9. The van der Waals surface area contributed by atoms with E-state index >= 15 is 0 Å². The number of rotatable bonds is 7. The maximum atomic E-state index is 11.7. The molecule has 0 bridgehead atoms. The molecule has 0 aliphatic rings. The van der Waals surface area contributed by atoms with Gasteiger partial charge in [-0.15, -0.1) is 11.3 Å². The number of amides is 1. The number of hydrogen-bond donors (Lipinski definition) is 1. The highest BCUT2D eigenvalue weighted by atomic mass is 32.2. The lowest BCUT2D eigenvalue weighted by Gasteiger charge is -2.19. The molecule has 1 heterocycles. The van der Waals surface area contributed by atoms with Crippen LogP contribution in [0.2, 0.25) is 0 Å². The van der Waals surface area contributed by atoms with E-state index in [1.807, 2.05) is 32.9 Å². The smallest absolute Gasteiger partial charge is 0.408 e. The number of carbonyl (C=O) groups is 1. The molecule has 148 valence electrons. The van der Waals surface area contributed by atoms with Crippen molar-refractivity contribution in [2.24, 2.45) is 0 Å². The van der Waals surface area contributed by atoms with Crippen LogP contribution < -0.4 is 19.5 Å². The van der Waals surface area contributed by atoms with Crippen LogP contribution in [-0.4, -0.2) is 38.0 Å². The number of nitrogens with one attached hydrogen (secondary N) is 1. The summed E-state index contributed by atoms with van der Waals surface area (Å²) in [7, 11) is 4.73. The Morgan fingerprint density at radius 3 is 2.30 bits per heavy atom. The minimum Gasteiger partial charge on any atom is -0.493 e. The summed E-state index contributed by atoms with van der Waals surface area (Å²) in [6, 6.07) is 3.76. The Morgan fingerprint density at radius 2 is 1.78 bits per heavy atom. The normalized spacial score (nSPS) is 11.0. The molecular weight excluding hydrogens is 388 g/mol. The lowest BCUT2D eigenvalue weighted by Crippen LogP contribution is -2.32. The summed E-state index contributed by atoms with van der Waals surface area (Å²) in [5, 5.41) is 3.49. The third-order valence-corrected chi connectivity index (χ3v) is 5.24. The van der Waals surface area contributed by atoms with Crippen LogP contribution in [0.4, 0.5) is 4.79 Å². The van der Waals surface area contributed by atoms with Crippen molar-refractivity contribution in [3.05, 3.63) is 23.3 Å². The highest BCUT2D eigenvalue weighted by Crippen LogP contribution is 2.43. The molecule has 1 amide bonds. The van der Waals surface area contributed by atoms with Crippen molar-refractivity contribution >= 4 is 29.2 Å². The molecule has 7 nitrogen and oxygen atoms in total. The number of alkyl carbamates (subject to hydrolysis) is 1. The van der Waals surface area contributed by atoms with E-state index in [2.05, 4.69) is 10.3 Å². The first-order valence-corrected chi connectivity index (χ1v) is 9.78. The van der Waals surface area contributed by atoms with E-state index in [-0.39, 0.29) is 0 Å². The molecular formula is C18H24N2O5S2. The van der Waals surface area contributed by atoms with Gasteiger partial charge in [0.15, 0.2) is 11.5 Å². The molecule has 0 atom stereocenters. The molecule has 0 aliphatic heterocycles. The fourth-order valence-corrected chi connectivity index (χ4v) is 4.12. The first kappa shape index (κ1) is 21.2. The fraction of sp³-hybridized carbons (Fsp3) is 0.444. The molecule has 0 radical (unpaired) electrons. The zero-order chi connectivity index (χ0) is 20.0. The second-order valence-corrected chi connectivity index (χ2v) is 8.88. The third kappa shape index (κ3) is 6.21. The molecule has 0 fully saturated rings. The fourth-order valence-electron chi connectivity index (χ4n) is 2.12. The molecule has 2 rings (SSSR count). The van der Waals surface area contributed by atoms with Gasteiger partial charge in [-0.2, -0.15) is 0 Å². The minimum atomic E-state index is -0.527. The average Bonchev–Trinajstić information content (AvgIpc) is 3.05. The van der Waals surface area contributed by atoms with Gasteiger partial charge in [0, 0.05) is 4.90 Å². The molecule has 2 aromatic rings. The van der Waals surface area contributed by atoms with Crippen molar-refractivity contribution in [1.82, 2.24) is 10.3 Å².